The number of aromatic nitrogens is 2. The largest absolute Gasteiger partial charge is 0.491 e. The van der Waals surface area contributed by atoms with Crippen molar-refractivity contribution in [3.05, 3.63) is 36.7 Å². The lowest BCUT2D eigenvalue weighted by Crippen LogP contribution is -2.15. The number of fused-ring (bicyclic) bond motifs is 1. The number of benzene rings is 1. The lowest BCUT2D eigenvalue weighted by atomic mass is 10.2. The molecule has 0 aliphatic heterocycles. The number of nitrogens with two attached hydrogens (primary N) is 1. The van der Waals surface area contributed by atoms with Crippen molar-refractivity contribution in [3.63, 3.8) is 0 Å². The first-order chi connectivity index (χ1) is 9.56. The van der Waals surface area contributed by atoms with Crippen LogP contribution in [0.3, 0.4) is 0 Å². The molecule has 0 bridgehead atoms. The molecule has 2 N–H and O–H groups in total. The normalized spacial score (nSPS) is 12.8. The molecular formula is C16H23N3O. The van der Waals surface area contributed by atoms with E-state index in [4.69, 9.17) is 10.5 Å². The summed E-state index contributed by atoms with van der Waals surface area (Å²) in [7, 11) is 0. The molecule has 4 heteroatoms. The van der Waals surface area contributed by atoms with Crippen LogP contribution in [0.5, 0.6) is 5.75 Å². The van der Waals surface area contributed by atoms with E-state index in [9.17, 15) is 0 Å². The van der Waals surface area contributed by atoms with Crippen molar-refractivity contribution in [1.29, 1.82) is 0 Å². The second kappa shape index (κ2) is 6.09. The predicted octanol–water partition coefficient (Wildman–Crippen LogP) is 3.42. The van der Waals surface area contributed by atoms with Crippen LogP contribution >= 0.6 is 0 Å². The van der Waals surface area contributed by atoms with E-state index in [1.54, 1.807) is 0 Å². The molecule has 1 heterocycles. The minimum atomic E-state index is -0.0585. The molecule has 0 amide bonds. The fourth-order valence-corrected chi connectivity index (χ4v) is 2.26. The summed E-state index contributed by atoms with van der Waals surface area (Å²) in [5.41, 5.74) is 8.15. The van der Waals surface area contributed by atoms with E-state index in [0.29, 0.717) is 6.54 Å². The van der Waals surface area contributed by atoms with Crippen LogP contribution in [0.25, 0.3) is 11.0 Å². The van der Waals surface area contributed by atoms with Gasteiger partial charge in [0.25, 0.3) is 0 Å². The Morgan fingerprint density at radius 2 is 2.20 bits per heavy atom. The van der Waals surface area contributed by atoms with E-state index in [1.807, 2.05) is 38.1 Å². The van der Waals surface area contributed by atoms with Gasteiger partial charge in [-0.1, -0.05) is 13.0 Å². The van der Waals surface area contributed by atoms with Gasteiger partial charge in [0, 0.05) is 12.6 Å². The molecule has 0 saturated heterocycles. The number of nitrogens with zero attached hydrogens (tertiary/aromatic N) is 2. The van der Waals surface area contributed by atoms with Gasteiger partial charge in [0.05, 0.1) is 23.2 Å². The quantitative estimate of drug-likeness (QED) is 0.820. The Morgan fingerprint density at radius 1 is 1.45 bits per heavy atom. The Kier molecular flexibility index (Phi) is 4.45. The molecule has 20 heavy (non-hydrogen) atoms. The summed E-state index contributed by atoms with van der Waals surface area (Å²) in [5, 5.41) is 0. The van der Waals surface area contributed by atoms with Crippen LogP contribution in [0.2, 0.25) is 0 Å². The highest BCUT2D eigenvalue weighted by Gasteiger charge is 2.15. The molecule has 0 spiro atoms. The van der Waals surface area contributed by atoms with Gasteiger partial charge in [-0.25, -0.2) is 4.98 Å². The van der Waals surface area contributed by atoms with Gasteiger partial charge >= 0.3 is 0 Å². The van der Waals surface area contributed by atoms with Crippen molar-refractivity contribution < 1.29 is 4.74 Å². The summed E-state index contributed by atoms with van der Waals surface area (Å²) in [5.74, 6) is 1.75. The molecule has 0 aliphatic rings. The van der Waals surface area contributed by atoms with Crippen molar-refractivity contribution in [2.75, 3.05) is 0 Å². The zero-order valence-corrected chi connectivity index (χ0v) is 12.5. The van der Waals surface area contributed by atoms with E-state index in [2.05, 4.69) is 23.1 Å². The number of imidazole rings is 1. The lowest BCUT2D eigenvalue weighted by Gasteiger charge is -2.11. The Bertz CT molecular complexity index is 601. The highest BCUT2D eigenvalue weighted by molar-refractivity contribution is 5.78. The zero-order chi connectivity index (χ0) is 14.7. The van der Waals surface area contributed by atoms with Crippen LogP contribution in [0, 0.1) is 0 Å². The maximum Gasteiger partial charge on any atom is 0.127 e. The second-order valence-electron chi connectivity index (χ2n) is 5.20. The molecule has 2 rings (SSSR count). The Labute approximate surface area is 120 Å². The van der Waals surface area contributed by atoms with E-state index in [1.165, 1.54) is 0 Å². The van der Waals surface area contributed by atoms with Crippen molar-refractivity contribution in [1.82, 2.24) is 9.55 Å². The van der Waals surface area contributed by atoms with Crippen molar-refractivity contribution >= 4 is 11.0 Å². The molecule has 0 radical (unpaired) electrons. The van der Waals surface area contributed by atoms with Gasteiger partial charge in [0.1, 0.15) is 11.6 Å². The van der Waals surface area contributed by atoms with Gasteiger partial charge in [0.15, 0.2) is 0 Å². The molecule has 0 aliphatic carbocycles. The SMILES string of the molecule is C=CCn1c(C(N)CC)nc2cc(OC(C)C)ccc21. The molecule has 0 saturated carbocycles. The molecule has 1 unspecified atom stereocenters. The second-order valence-corrected chi connectivity index (χ2v) is 5.20. The van der Waals surface area contributed by atoms with Gasteiger partial charge in [-0.3, -0.25) is 0 Å². The van der Waals surface area contributed by atoms with E-state index < -0.39 is 0 Å². The van der Waals surface area contributed by atoms with Gasteiger partial charge in [-0.15, -0.1) is 6.58 Å². The predicted molar refractivity (Wildman–Crippen MR) is 82.9 cm³/mol. The van der Waals surface area contributed by atoms with Gasteiger partial charge in [0.2, 0.25) is 0 Å². The van der Waals surface area contributed by atoms with Gasteiger partial charge in [-0.2, -0.15) is 0 Å². The van der Waals surface area contributed by atoms with Crippen molar-refractivity contribution in [3.8, 4) is 5.75 Å². The smallest absolute Gasteiger partial charge is 0.127 e. The zero-order valence-electron chi connectivity index (χ0n) is 12.5. The van der Waals surface area contributed by atoms with Crippen LogP contribution in [-0.2, 0) is 6.54 Å². The van der Waals surface area contributed by atoms with E-state index >= 15 is 0 Å². The van der Waals surface area contributed by atoms with Crippen LogP contribution in [0.15, 0.2) is 30.9 Å². The minimum absolute atomic E-state index is 0.0585. The highest BCUT2D eigenvalue weighted by Crippen LogP contribution is 2.25. The fraction of sp³-hybridized carbons (Fsp3) is 0.438. The monoisotopic (exact) mass is 273 g/mol. The molecule has 4 nitrogen and oxygen atoms in total. The summed E-state index contributed by atoms with van der Waals surface area (Å²) in [6.45, 7) is 10.6. The Hall–Kier alpha value is -1.81. The third kappa shape index (κ3) is 2.85. The molecule has 1 atom stereocenters. The first kappa shape index (κ1) is 14.6. The summed E-state index contributed by atoms with van der Waals surface area (Å²) in [6.07, 6.45) is 2.88. The number of hydrogen-bond acceptors (Lipinski definition) is 3. The van der Waals surface area contributed by atoms with Crippen LogP contribution < -0.4 is 10.5 Å². The lowest BCUT2D eigenvalue weighted by molar-refractivity contribution is 0.242. The van der Waals surface area contributed by atoms with Crippen molar-refractivity contribution in [2.45, 2.75) is 45.9 Å². The maximum absolute atomic E-state index is 6.16. The highest BCUT2D eigenvalue weighted by atomic mass is 16.5. The van der Waals surface area contributed by atoms with E-state index in [-0.39, 0.29) is 12.1 Å². The standard InChI is InChI=1S/C16H23N3O/c1-5-9-19-15-8-7-12(20-11(3)4)10-14(15)18-16(19)13(17)6-2/h5,7-8,10-11,13H,1,6,9,17H2,2-4H3. The summed E-state index contributed by atoms with van der Waals surface area (Å²) >= 11 is 0. The third-order valence-corrected chi connectivity index (χ3v) is 3.20. The number of ether oxygens (including phenoxy) is 1. The minimum Gasteiger partial charge on any atom is -0.491 e. The average molecular weight is 273 g/mol. The van der Waals surface area contributed by atoms with Crippen LogP contribution in [-0.4, -0.2) is 15.7 Å². The van der Waals surface area contributed by atoms with E-state index in [0.717, 1.165) is 29.0 Å². The number of rotatable bonds is 6. The molecular weight excluding hydrogens is 250 g/mol. The first-order valence-electron chi connectivity index (χ1n) is 7.10. The molecule has 1 aromatic carbocycles. The maximum atomic E-state index is 6.16. The first-order valence-corrected chi connectivity index (χ1v) is 7.10. The van der Waals surface area contributed by atoms with Crippen molar-refractivity contribution in [2.24, 2.45) is 5.73 Å². The van der Waals surface area contributed by atoms with Gasteiger partial charge < -0.3 is 15.0 Å². The third-order valence-electron chi connectivity index (χ3n) is 3.20. The molecule has 108 valence electrons. The Morgan fingerprint density at radius 3 is 2.80 bits per heavy atom. The fourth-order valence-electron chi connectivity index (χ4n) is 2.26. The molecule has 0 fully saturated rings. The molecule has 1 aromatic heterocycles. The summed E-state index contributed by atoms with van der Waals surface area (Å²) < 4.78 is 7.84. The average Bonchev–Trinajstić information content (AvgIpc) is 2.76. The van der Waals surface area contributed by atoms with Crippen LogP contribution in [0.1, 0.15) is 39.1 Å². The Balaban J connectivity index is 2.51. The summed E-state index contributed by atoms with van der Waals surface area (Å²) in [6, 6.07) is 5.93. The number of hydrogen-bond donors (Lipinski definition) is 1. The van der Waals surface area contributed by atoms with Gasteiger partial charge in [-0.05, 0) is 32.4 Å². The number of allylic oxidation sites excluding steroid dienone is 1. The van der Waals surface area contributed by atoms with Crippen LogP contribution in [0.4, 0.5) is 0 Å². The topological polar surface area (TPSA) is 53.1 Å². The molecule has 2 aromatic rings. The summed E-state index contributed by atoms with van der Waals surface area (Å²) in [4.78, 5) is 4.68.